The summed E-state index contributed by atoms with van der Waals surface area (Å²) in [5.41, 5.74) is 6.00. The van der Waals surface area contributed by atoms with E-state index in [0.29, 0.717) is 10.6 Å². The summed E-state index contributed by atoms with van der Waals surface area (Å²) in [5, 5.41) is 0.580. The minimum Gasteiger partial charge on any atom is -0.324 e. The highest BCUT2D eigenvalue weighted by molar-refractivity contribution is 6.42. The Hall–Kier alpha value is -0.380. The molecule has 0 aliphatic heterocycles. The third kappa shape index (κ3) is 2.80. The highest BCUT2D eigenvalue weighted by atomic mass is 35.5. The molecular formula is C9H9Cl2F2N. The Morgan fingerprint density at radius 2 is 1.93 bits per heavy atom. The molecule has 0 aromatic heterocycles. The number of nitrogens with two attached hydrogens (primary N) is 1. The molecule has 78 valence electrons. The first-order valence-electron chi connectivity index (χ1n) is 4.00. The number of alkyl halides is 2. The van der Waals surface area contributed by atoms with Gasteiger partial charge in [-0.25, -0.2) is 8.78 Å². The predicted molar refractivity (Wildman–Crippen MR) is 54.0 cm³/mol. The van der Waals surface area contributed by atoms with Crippen LogP contribution >= 0.6 is 23.2 Å². The molecule has 0 radical (unpaired) electrons. The Morgan fingerprint density at radius 1 is 1.29 bits per heavy atom. The number of hydrogen-bond donors (Lipinski definition) is 1. The molecule has 0 fully saturated rings. The van der Waals surface area contributed by atoms with Crippen LogP contribution in [-0.4, -0.2) is 6.43 Å². The first-order valence-corrected chi connectivity index (χ1v) is 4.75. The molecule has 1 nitrogen and oxygen atoms in total. The molecule has 14 heavy (non-hydrogen) atoms. The molecule has 0 aliphatic carbocycles. The van der Waals surface area contributed by atoms with Gasteiger partial charge in [-0.1, -0.05) is 35.3 Å². The van der Waals surface area contributed by atoms with E-state index in [1.807, 2.05) is 0 Å². The van der Waals surface area contributed by atoms with Gasteiger partial charge in [-0.05, 0) is 11.6 Å². The summed E-state index contributed by atoms with van der Waals surface area (Å²) in [4.78, 5) is 0. The average molecular weight is 240 g/mol. The summed E-state index contributed by atoms with van der Waals surface area (Å²) < 4.78 is 24.1. The van der Waals surface area contributed by atoms with Gasteiger partial charge in [0.2, 0.25) is 6.43 Å². The summed E-state index contributed by atoms with van der Waals surface area (Å²) in [6, 6.07) is 4.04. The van der Waals surface area contributed by atoms with Gasteiger partial charge in [0.15, 0.2) is 0 Å². The van der Waals surface area contributed by atoms with Gasteiger partial charge in [-0.3, -0.25) is 0 Å². The van der Waals surface area contributed by atoms with Crippen LogP contribution in [0.25, 0.3) is 0 Å². The Labute approximate surface area is 90.8 Å². The van der Waals surface area contributed by atoms with E-state index in [2.05, 4.69) is 0 Å². The third-order valence-corrected chi connectivity index (χ3v) is 2.65. The van der Waals surface area contributed by atoms with Gasteiger partial charge in [0, 0.05) is 12.5 Å². The second-order valence-electron chi connectivity index (χ2n) is 2.88. The number of benzene rings is 1. The standard InChI is InChI=1S/C9H9Cl2F2N/c10-6-3-1-2-5(9(6)11)7(14)4-8(12)13/h1-3,7-8H,4,14H2/t7-/m1/s1. The van der Waals surface area contributed by atoms with Crippen molar-refractivity contribution >= 4 is 23.2 Å². The topological polar surface area (TPSA) is 26.0 Å². The maximum Gasteiger partial charge on any atom is 0.240 e. The van der Waals surface area contributed by atoms with Crippen molar-refractivity contribution in [3.05, 3.63) is 33.8 Å². The zero-order chi connectivity index (χ0) is 10.7. The van der Waals surface area contributed by atoms with Crippen LogP contribution in [0.1, 0.15) is 18.0 Å². The Kier molecular flexibility index (Phi) is 4.11. The molecule has 0 saturated heterocycles. The van der Waals surface area contributed by atoms with E-state index in [1.165, 1.54) is 0 Å². The lowest BCUT2D eigenvalue weighted by Crippen LogP contribution is -2.14. The van der Waals surface area contributed by atoms with Crippen LogP contribution in [0.5, 0.6) is 0 Å². The highest BCUT2D eigenvalue weighted by Gasteiger charge is 2.16. The van der Waals surface area contributed by atoms with Crippen LogP contribution in [0.2, 0.25) is 10.0 Å². The molecule has 0 bridgehead atoms. The fourth-order valence-electron chi connectivity index (χ4n) is 1.13. The molecule has 2 N–H and O–H groups in total. The quantitative estimate of drug-likeness (QED) is 0.857. The van der Waals surface area contributed by atoms with Crippen molar-refractivity contribution in [1.29, 1.82) is 0 Å². The molecule has 1 aromatic carbocycles. The second-order valence-corrected chi connectivity index (χ2v) is 3.66. The fraction of sp³-hybridized carbons (Fsp3) is 0.333. The smallest absolute Gasteiger partial charge is 0.240 e. The van der Waals surface area contributed by atoms with Gasteiger partial charge in [-0.15, -0.1) is 0 Å². The van der Waals surface area contributed by atoms with E-state index in [1.54, 1.807) is 18.2 Å². The lowest BCUT2D eigenvalue weighted by Gasteiger charge is -2.13. The minimum absolute atomic E-state index is 0.252. The van der Waals surface area contributed by atoms with E-state index < -0.39 is 18.9 Å². The molecular weight excluding hydrogens is 231 g/mol. The lowest BCUT2D eigenvalue weighted by atomic mass is 10.1. The molecule has 0 heterocycles. The molecule has 0 saturated carbocycles. The summed E-state index contributed by atoms with van der Waals surface area (Å²) in [7, 11) is 0. The van der Waals surface area contributed by atoms with Crippen LogP contribution in [0.4, 0.5) is 8.78 Å². The van der Waals surface area contributed by atoms with Crippen LogP contribution in [-0.2, 0) is 0 Å². The van der Waals surface area contributed by atoms with Crippen LogP contribution in [0.15, 0.2) is 18.2 Å². The molecule has 5 heteroatoms. The molecule has 1 atom stereocenters. The Morgan fingerprint density at radius 3 is 2.50 bits per heavy atom. The van der Waals surface area contributed by atoms with Crippen molar-refractivity contribution in [3.8, 4) is 0 Å². The summed E-state index contributed by atoms with van der Waals surface area (Å²) >= 11 is 11.5. The number of hydrogen-bond acceptors (Lipinski definition) is 1. The lowest BCUT2D eigenvalue weighted by molar-refractivity contribution is 0.128. The van der Waals surface area contributed by atoms with E-state index in [9.17, 15) is 8.78 Å². The van der Waals surface area contributed by atoms with E-state index >= 15 is 0 Å². The van der Waals surface area contributed by atoms with Crippen molar-refractivity contribution in [2.45, 2.75) is 18.9 Å². The van der Waals surface area contributed by atoms with Crippen molar-refractivity contribution < 1.29 is 8.78 Å². The maximum atomic E-state index is 12.0. The maximum absolute atomic E-state index is 12.0. The van der Waals surface area contributed by atoms with Crippen molar-refractivity contribution in [3.63, 3.8) is 0 Å². The normalized spacial score (nSPS) is 13.3. The highest BCUT2D eigenvalue weighted by Crippen LogP contribution is 2.31. The zero-order valence-electron chi connectivity index (χ0n) is 7.18. The molecule has 0 aliphatic rings. The van der Waals surface area contributed by atoms with Crippen molar-refractivity contribution in [1.82, 2.24) is 0 Å². The van der Waals surface area contributed by atoms with E-state index in [4.69, 9.17) is 28.9 Å². The number of rotatable bonds is 3. The van der Waals surface area contributed by atoms with Gasteiger partial charge in [0.05, 0.1) is 10.0 Å². The molecule has 1 rings (SSSR count). The monoisotopic (exact) mass is 239 g/mol. The first kappa shape index (κ1) is 11.7. The molecule has 0 amide bonds. The van der Waals surface area contributed by atoms with Gasteiger partial charge in [-0.2, -0.15) is 0 Å². The number of halogens is 4. The molecule has 1 aromatic rings. The van der Waals surface area contributed by atoms with E-state index in [0.717, 1.165) is 0 Å². The van der Waals surface area contributed by atoms with Crippen molar-refractivity contribution in [2.24, 2.45) is 5.73 Å². The summed E-state index contributed by atoms with van der Waals surface area (Å²) in [5.74, 6) is 0. The summed E-state index contributed by atoms with van der Waals surface area (Å²) in [6.45, 7) is 0. The largest absolute Gasteiger partial charge is 0.324 e. The fourth-order valence-corrected chi connectivity index (χ4v) is 1.57. The SMILES string of the molecule is N[C@H](CC(F)F)c1cccc(Cl)c1Cl. The first-order chi connectivity index (χ1) is 6.52. The second kappa shape index (κ2) is 4.91. The van der Waals surface area contributed by atoms with Gasteiger partial charge >= 0.3 is 0 Å². The van der Waals surface area contributed by atoms with Crippen LogP contribution < -0.4 is 5.73 Å². The molecule has 0 spiro atoms. The zero-order valence-corrected chi connectivity index (χ0v) is 8.69. The minimum atomic E-state index is -2.44. The van der Waals surface area contributed by atoms with Gasteiger partial charge in [0.25, 0.3) is 0 Å². The molecule has 0 unspecified atom stereocenters. The third-order valence-electron chi connectivity index (χ3n) is 1.81. The van der Waals surface area contributed by atoms with Crippen molar-refractivity contribution in [2.75, 3.05) is 0 Å². The van der Waals surface area contributed by atoms with E-state index in [-0.39, 0.29) is 5.02 Å². The Bertz CT molecular complexity index is 318. The van der Waals surface area contributed by atoms with Crippen LogP contribution in [0, 0.1) is 0 Å². The summed E-state index contributed by atoms with van der Waals surface area (Å²) in [6.07, 6.45) is -2.86. The van der Waals surface area contributed by atoms with Crippen LogP contribution in [0.3, 0.4) is 0 Å². The average Bonchev–Trinajstić information content (AvgIpc) is 2.08. The van der Waals surface area contributed by atoms with Gasteiger partial charge in [0.1, 0.15) is 0 Å². The Balaban J connectivity index is 2.89. The predicted octanol–water partition coefficient (Wildman–Crippen LogP) is 3.65. The van der Waals surface area contributed by atoms with Gasteiger partial charge < -0.3 is 5.73 Å².